The van der Waals surface area contributed by atoms with Crippen molar-refractivity contribution in [2.24, 2.45) is 0 Å². The van der Waals surface area contributed by atoms with Crippen LogP contribution >= 0.6 is 0 Å². The molecule has 0 amide bonds. The number of nitrogens with two attached hydrogens (primary N) is 1. The van der Waals surface area contributed by atoms with E-state index in [1.165, 1.54) is 5.69 Å². The van der Waals surface area contributed by atoms with Gasteiger partial charge >= 0.3 is 0 Å². The van der Waals surface area contributed by atoms with Gasteiger partial charge in [-0.3, -0.25) is 14.2 Å². The van der Waals surface area contributed by atoms with Gasteiger partial charge in [-0.1, -0.05) is 48.5 Å². The second kappa shape index (κ2) is 10.3. The van der Waals surface area contributed by atoms with Gasteiger partial charge in [0.05, 0.1) is 17.5 Å². The zero-order chi connectivity index (χ0) is 28.0. The molecule has 3 N–H and O–H groups in total. The molecular formula is C33H33N9. The molecule has 0 unspecified atom stereocenters. The zero-order valence-electron chi connectivity index (χ0n) is 23.4. The molecule has 0 spiro atoms. The maximum Gasteiger partial charge on any atom is 0.150 e. The number of aromatic amines is 1. The Morgan fingerprint density at radius 1 is 0.905 bits per heavy atom. The third-order valence-electron chi connectivity index (χ3n) is 9.00. The molecule has 1 saturated heterocycles. The second-order valence-electron chi connectivity index (χ2n) is 11.5. The van der Waals surface area contributed by atoms with E-state index in [0.29, 0.717) is 17.8 Å². The molecule has 1 aliphatic carbocycles. The minimum absolute atomic E-state index is 0.393. The number of nitrogens with one attached hydrogen (secondary N) is 1. The number of hydrogen-bond acceptors (Lipinski definition) is 7. The van der Waals surface area contributed by atoms with Crippen molar-refractivity contribution in [3.05, 3.63) is 97.1 Å². The average molecular weight is 556 g/mol. The van der Waals surface area contributed by atoms with Gasteiger partial charge in [0.15, 0.2) is 0 Å². The van der Waals surface area contributed by atoms with E-state index in [1.54, 1.807) is 12.5 Å². The minimum Gasteiger partial charge on any atom is -0.382 e. The van der Waals surface area contributed by atoms with Crippen molar-refractivity contribution in [2.75, 3.05) is 31.9 Å². The van der Waals surface area contributed by atoms with Crippen LogP contribution in [0.1, 0.15) is 30.3 Å². The summed E-state index contributed by atoms with van der Waals surface area (Å²) < 4.78 is 2.17. The van der Waals surface area contributed by atoms with Gasteiger partial charge in [-0.25, -0.2) is 19.9 Å². The summed E-state index contributed by atoms with van der Waals surface area (Å²) in [5.74, 6) is 1.97. The highest BCUT2D eigenvalue weighted by Gasteiger charge is 2.38. The third-order valence-corrected chi connectivity index (χ3v) is 9.00. The van der Waals surface area contributed by atoms with Crippen LogP contribution in [0.15, 0.2) is 85.6 Å². The number of fused-ring (bicyclic) bond motifs is 2. The number of rotatable bonds is 6. The molecule has 0 radical (unpaired) electrons. The molecule has 1 aliphatic heterocycles. The highest BCUT2D eigenvalue weighted by atomic mass is 15.3. The van der Waals surface area contributed by atoms with Crippen LogP contribution in [-0.2, 0) is 6.54 Å². The summed E-state index contributed by atoms with van der Waals surface area (Å²) >= 11 is 0. The van der Waals surface area contributed by atoms with Crippen molar-refractivity contribution >= 4 is 22.2 Å². The Morgan fingerprint density at radius 2 is 1.74 bits per heavy atom. The molecule has 5 heterocycles. The number of piperazine rings is 1. The van der Waals surface area contributed by atoms with Crippen LogP contribution in [0.2, 0.25) is 0 Å². The van der Waals surface area contributed by atoms with Gasteiger partial charge in [-0.05, 0) is 25.0 Å². The number of hydrogen-bond donors (Lipinski definition) is 2. The summed E-state index contributed by atoms with van der Waals surface area (Å²) in [6.07, 6.45) is 9.69. The number of aromatic nitrogens is 6. The first-order valence-electron chi connectivity index (χ1n) is 14.7. The van der Waals surface area contributed by atoms with Gasteiger partial charge < -0.3 is 10.7 Å². The van der Waals surface area contributed by atoms with E-state index in [-0.39, 0.29) is 0 Å². The van der Waals surface area contributed by atoms with Crippen LogP contribution in [0, 0.1) is 0 Å². The molecule has 2 aliphatic rings. The van der Waals surface area contributed by atoms with Gasteiger partial charge in [-0.2, -0.15) is 0 Å². The number of benzene rings is 2. The summed E-state index contributed by atoms with van der Waals surface area (Å²) in [5, 5.41) is 1.10. The molecule has 6 aromatic rings. The molecule has 42 heavy (non-hydrogen) atoms. The van der Waals surface area contributed by atoms with Crippen molar-refractivity contribution in [2.45, 2.75) is 31.3 Å². The molecule has 210 valence electrons. The Bertz CT molecular complexity index is 1850. The van der Waals surface area contributed by atoms with Gasteiger partial charge in [0.1, 0.15) is 22.9 Å². The van der Waals surface area contributed by atoms with Crippen molar-refractivity contribution in [3.63, 3.8) is 0 Å². The van der Waals surface area contributed by atoms with Gasteiger partial charge in [0.2, 0.25) is 0 Å². The minimum atomic E-state index is 0.393. The normalized spacial score (nSPS) is 19.8. The van der Waals surface area contributed by atoms with Crippen LogP contribution in [0.25, 0.3) is 38.9 Å². The Hall–Kier alpha value is -4.60. The Morgan fingerprint density at radius 3 is 2.55 bits per heavy atom. The standard InChI is InChI=1S/C33H33N9/c34-32-31-30(24-7-6-23-8-9-28(38-29(23)18-24)22-4-2-1-3-5-22)39-33(42(31)11-10-36-32)25-16-27(17-25)41-14-12-40(13-15-41)20-26-19-35-21-37-26/h1-11,18-19,21,25,27H,12-17,20H2,(H2,34,36)(H,35,37)/t25-,27+. The van der Waals surface area contributed by atoms with E-state index in [0.717, 1.165) is 90.3 Å². The van der Waals surface area contributed by atoms with E-state index >= 15 is 0 Å². The highest BCUT2D eigenvalue weighted by molar-refractivity contribution is 5.91. The average Bonchev–Trinajstić information content (AvgIpc) is 3.66. The van der Waals surface area contributed by atoms with Crippen LogP contribution in [0.4, 0.5) is 5.82 Å². The fraction of sp³-hybridized carbons (Fsp3) is 0.273. The van der Waals surface area contributed by atoms with Crippen molar-refractivity contribution < 1.29 is 0 Å². The molecular weight excluding hydrogens is 522 g/mol. The molecule has 2 aromatic carbocycles. The summed E-state index contributed by atoms with van der Waals surface area (Å²) in [6.45, 7) is 5.31. The summed E-state index contributed by atoms with van der Waals surface area (Å²) in [4.78, 5) is 27.2. The Kier molecular flexibility index (Phi) is 6.19. The fourth-order valence-electron chi connectivity index (χ4n) is 6.61. The predicted molar refractivity (Wildman–Crippen MR) is 165 cm³/mol. The number of nitrogen functional groups attached to an aromatic ring is 1. The van der Waals surface area contributed by atoms with Gasteiger partial charge in [0, 0.05) is 85.5 Å². The van der Waals surface area contributed by atoms with Gasteiger partial charge in [-0.15, -0.1) is 0 Å². The first-order valence-corrected chi connectivity index (χ1v) is 14.7. The predicted octanol–water partition coefficient (Wildman–Crippen LogP) is 4.98. The first kappa shape index (κ1) is 25.1. The summed E-state index contributed by atoms with van der Waals surface area (Å²) in [7, 11) is 0. The molecule has 0 atom stereocenters. The smallest absolute Gasteiger partial charge is 0.150 e. The second-order valence-corrected chi connectivity index (χ2v) is 11.5. The molecule has 4 aromatic heterocycles. The number of imidazole rings is 2. The SMILES string of the molecule is Nc1nccn2c1c(-c1ccc3ccc(-c4ccccc4)nc3c1)nc2[C@H]1C[C@@H](N2CCN(Cc3cnc[nH]3)CC2)C1. The van der Waals surface area contributed by atoms with Gasteiger partial charge in [0.25, 0.3) is 0 Å². The quantitative estimate of drug-likeness (QED) is 0.299. The highest BCUT2D eigenvalue weighted by Crippen LogP contribution is 2.42. The maximum absolute atomic E-state index is 6.48. The monoisotopic (exact) mass is 555 g/mol. The lowest BCUT2D eigenvalue weighted by molar-refractivity contribution is 0.0468. The largest absolute Gasteiger partial charge is 0.382 e. The van der Waals surface area contributed by atoms with Crippen molar-refractivity contribution in [1.82, 2.24) is 39.1 Å². The van der Waals surface area contributed by atoms with Crippen LogP contribution in [0.3, 0.4) is 0 Å². The Balaban J connectivity index is 1.04. The summed E-state index contributed by atoms with van der Waals surface area (Å²) in [6, 6.07) is 21.5. The molecule has 9 heteroatoms. The number of pyridine rings is 1. The third kappa shape index (κ3) is 4.51. The number of H-pyrrole nitrogens is 1. The molecule has 1 saturated carbocycles. The van der Waals surface area contributed by atoms with Crippen LogP contribution in [0.5, 0.6) is 0 Å². The summed E-state index contributed by atoms with van der Waals surface area (Å²) in [5.41, 5.74) is 13.4. The fourth-order valence-corrected chi connectivity index (χ4v) is 6.61. The maximum atomic E-state index is 6.48. The van der Waals surface area contributed by atoms with E-state index < -0.39 is 0 Å². The lowest BCUT2D eigenvalue weighted by Gasteiger charge is -2.46. The topological polar surface area (TPSA) is 104 Å². The van der Waals surface area contributed by atoms with Crippen LogP contribution in [-0.4, -0.2) is 71.3 Å². The number of anilines is 1. The lowest BCUT2D eigenvalue weighted by Crippen LogP contribution is -2.53. The van der Waals surface area contributed by atoms with E-state index in [1.807, 2.05) is 30.6 Å². The Labute approximate surface area is 244 Å². The van der Waals surface area contributed by atoms with Crippen LogP contribution < -0.4 is 5.73 Å². The van der Waals surface area contributed by atoms with E-state index in [4.69, 9.17) is 15.7 Å². The van der Waals surface area contributed by atoms with Crippen molar-refractivity contribution in [3.8, 4) is 22.5 Å². The van der Waals surface area contributed by atoms with Crippen molar-refractivity contribution in [1.29, 1.82) is 0 Å². The molecule has 0 bridgehead atoms. The molecule has 9 nitrogen and oxygen atoms in total. The molecule has 2 fully saturated rings. The number of nitrogens with zero attached hydrogens (tertiary/aromatic N) is 7. The van der Waals surface area contributed by atoms with E-state index in [9.17, 15) is 0 Å². The lowest BCUT2D eigenvalue weighted by atomic mass is 9.78. The van der Waals surface area contributed by atoms with E-state index in [2.05, 4.69) is 71.6 Å². The zero-order valence-corrected chi connectivity index (χ0v) is 23.4. The first-order chi connectivity index (χ1) is 20.7. The molecule has 8 rings (SSSR count).